The van der Waals surface area contributed by atoms with Gasteiger partial charge in [-0.2, -0.15) is 0 Å². The van der Waals surface area contributed by atoms with E-state index in [1.165, 1.54) is 11.1 Å². The highest BCUT2D eigenvalue weighted by atomic mass is 16.2. The SMILES string of the molecule is CC(C)(C)c1ccc(Nc2nccc(C(=O)N3CCCc4ccccc43)n2)cc1. The Morgan fingerprint density at radius 3 is 2.55 bits per heavy atom. The van der Waals surface area contributed by atoms with Crippen molar-refractivity contribution in [3.63, 3.8) is 0 Å². The Morgan fingerprint density at radius 1 is 1.03 bits per heavy atom. The second kappa shape index (κ2) is 7.66. The number of para-hydroxylation sites is 1. The molecule has 0 saturated carbocycles. The molecular formula is C24H26N4O. The van der Waals surface area contributed by atoms with Crippen molar-refractivity contribution in [2.45, 2.75) is 39.0 Å². The van der Waals surface area contributed by atoms with Crippen LogP contribution in [0.2, 0.25) is 0 Å². The van der Waals surface area contributed by atoms with Gasteiger partial charge in [0, 0.05) is 24.1 Å². The van der Waals surface area contributed by atoms with Crippen LogP contribution in [0.3, 0.4) is 0 Å². The van der Waals surface area contributed by atoms with Crippen LogP contribution in [-0.2, 0) is 11.8 Å². The molecule has 0 radical (unpaired) electrons. The zero-order valence-electron chi connectivity index (χ0n) is 17.1. The van der Waals surface area contributed by atoms with Crippen LogP contribution in [0, 0.1) is 0 Å². The van der Waals surface area contributed by atoms with Crippen LogP contribution >= 0.6 is 0 Å². The van der Waals surface area contributed by atoms with Crippen LogP contribution in [0.25, 0.3) is 0 Å². The maximum Gasteiger partial charge on any atom is 0.277 e. The van der Waals surface area contributed by atoms with Gasteiger partial charge in [0.1, 0.15) is 5.69 Å². The van der Waals surface area contributed by atoms with Gasteiger partial charge in [-0.05, 0) is 53.6 Å². The average Bonchev–Trinajstić information content (AvgIpc) is 2.73. The maximum atomic E-state index is 13.1. The summed E-state index contributed by atoms with van der Waals surface area (Å²) in [5.41, 5.74) is 4.84. The smallest absolute Gasteiger partial charge is 0.277 e. The maximum absolute atomic E-state index is 13.1. The number of fused-ring (bicyclic) bond motifs is 1. The zero-order chi connectivity index (χ0) is 20.4. The fourth-order valence-electron chi connectivity index (χ4n) is 3.60. The van der Waals surface area contributed by atoms with Crippen molar-refractivity contribution in [1.82, 2.24) is 9.97 Å². The Bertz CT molecular complexity index is 1020. The first-order valence-electron chi connectivity index (χ1n) is 10.0. The number of amides is 1. The molecule has 0 bridgehead atoms. The van der Waals surface area contributed by atoms with E-state index in [2.05, 4.69) is 54.3 Å². The highest BCUT2D eigenvalue weighted by Crippen LogP contribution is 2.28. The number of anilines is 3. The molecule has 1 aromatic heterocycles. The third-order valence-corrected chi connectivity index (χ3v) is 5.24. The highest BCUT2D eigenvalue weighted by Gasteiger charge is 2.24. The number of aryl methyl sites for hydroxylation is 1. The predicted octanol–water partition coefficient (Wildman–Crippen LogP) is 5.11. The molecule has 0 aliphatic carbocycles. The van der Waals surface area contributed by atoms with E-state index in [0.717, 1.165) is 24.2 Å². The van der Waals surface area contributed by atoms with Crippen molar-refractivity contribution in [3.8, 4) is 0 Å². The third-order valence-electron chi connectivity index (χ3n) is 5.24. The predicted molar refractivity (Wildman–Crippen MR) is 117 cm³/mol. The number of nitrogens with zero attached hydrogens (tertiary/aromatic N) is 3. The number of carbonyl (C=O) groups is 1. The summed E-state index contributed by atoms with van der Waals surface area (Å²) in [4.78, 5) is 23.7. The Hall–Kier alpha value is -3.21. The minimum atomic E-state index is -0.0920. The van der Waals surface area contributed by atoms with E-state index in [-0.39, 0.29) is 11.3 Å². The first kappa shape index (κ1) is 19.1. The van der Waals surface area contributed by atoms with Crippen LogP contribution in [0.5, 0.6) is 0 Å². The lowest BCUT2D eigenvalue weighted by Gasteiger charge is -2.29. The van der Waals surface area contributed by atoms with Crippen molar-refractivity contribution in [3.05, 3.63) is 77.6 Å². The van der Waals surface area contributed by atoms with Crippen LogP contribution in [0.15, 0.2) is 60.8 Å². The Morgan fingerprint density at radius 2 is 1.79 bits per heavy atom. The molecule has 1 N–H and O–H groups in total. The molecule has 5 nitrogen and oxygen atoms in total. The fourth-order valence-corrected chi connectivity index (χ4v) is 3.60. The summed E-state index contributed by atoms with van der Waals surface area (Å²) in [7, 11) is 0. The summed E-state index contributed by atoms with van der Waals surface area (Å²) in [5.74, 6) is 0.329. The number of carbonyl (C=O) groups excluding carboxylic acids is 1. The molecule has 0 fully saturated rings. The number of nitrogens with one attached hydrogen (secondary N) is 1. The number of benzene rings is 2. The Kier molecular flexibility index (Phi) is 5.05. The molecule has 148 valence electrons. The minimum absolute atomic E-state index is 0.0920. The van der Waals surface area contributed by atoms with Gasteiger partial charge in [-0.25, -0.2) is 9.97 Å². The summed E-state index contributed by atoms with van der Waals surface area (Å²) in [5, 5.41) is 3.21. The van der Waals surface area contributed by atoms with Gasteiger partial charge < -0.3 is 10.2 Å². The topological polar surface area (TPSA) is 58.1 Å². The molecule has 1 aliphatic heterocycles. The lowest BCUT2D eigenvalue weighted by atomic mass is 9.87. The van der Waals surface area contributed by atoms with E-state index in [1.807, 2.05) is 35.2 Å². The molecule has 5 heteroatoms. The van der Waals surface area contributed by atoms with E-state index >= 15 is 0 Å². The van der Waals surface area contributed by atoms with Gasteiger partial charge >= 0.3 is 0 Å². The monoisotopic (exact) mass is 386 g/mol. The van der Waals surface area contributed by atoms with Gasteiger partial charge in [0.05, 0.1) is 0 Å². The van der Waals surface area contributed by atoms with Crippen molar-refractivity contribution >= 4 is 23.2 Å². The normalized spacial score (nSPS) is 13.7. The van der Waals surface area contributed by atoms with Gasteiger partial charge in [-0.3, -0.25) is 4.79 Å². The molecule has 4 rings (SSSR count). The molecule has 1 amide bonds. The highest BCUT2D eigenvalue weighted by molar-refractivity contribution is 6.05. The van der Waals surface area contributed by atoms with E-state index in [9.17, 15) is 4.79 Å². The van der Waals surface area contributed by atoms with Crippen LogP contribution in [0.1, 0.15) is 48.8 Å². The lowest BCUT2D eigenvalue weighted by molar-refractivity contribution is 0.0980. The van der Waals surface area contributed by atoms with E-state index in [4.69, 9.17) is 0 Å². The molecule has 3 aromatic rings. The molecule has 0 spiro atoms. The van der Waals surface area contributed by atoms with Gasteiger partial charge in [0.15, 0.2) is 0 Å². The van der Waals surface area contributed by atoms with Crippen molar-refractivity contribution in [2.75, 3.05) is 16.8 Å². The van der Waals surface area contributed by atoms with Crippen LogP contribution < -0.4 is 10.2 Å². The molecular weight excluding hydrogens is 360 g/mol. The summed E-state index contributed by atoms with van der Waals surface area (Å²) in [6.07, 6.45) is 3.59. The quantitative estimate of drug-likeness (QED) is 0.679. The Labute approximate surface area is 171 Å². The number of aromatic nitrogens is 2. The minimum Gasteiger partial charge on any atom is -0.324 e. The summed E-state index contributed by atoms with van der Waals surface area (Å²) < 4.78 is 0. The molecule has 2 heterocycles. The van der Waals surface area contributed by atoms with Crippen molar-refractivity contribution in [2.24, 2.45) is 0 Å². The van der Waals surface area contributed by atoms with E-state index in [0.29, 0.717) is 18.2 Å². The summed E-state index contributed by atoms with van der Waals surface area (Å²) in [6.45, 7) is 7.27. The second-order valence-corrected chi connectivity index (χ2v) is 8.41. The van der Waals surface area contributed by atoms with Crippen molar-refractivity contribution < 1.29 is 4.79 Å². The van der Waals surface area contributed by atoms with Gasteiger partial charge in [-0.1, -0.05) is 51.1 Å². The second-order valence-electron chi connectivity index (χ2n) is 8.41. The molecule has 2 aromatic carbocycles. The first-order chi connectivity index (χ1) is 13.9. The fraction of sp³-hybridized carbons (Fsp3) is 0.292. The largest absolute Gasteiger partial charge is 0.324 e. The van der Waals surface area contributed by atoms with Gasteiger partial charge in [0.2, 0.25) is 5.95 Å². The number of hydrogen-bond acceptors (Lipinski definition) is 4. The van der Waals surface area contributed by atoms with E-state index < -0.39 is 0 Å². The molecule has 0 saturated heterocycles. The molecule has 0 atom stereocenters. The number of rotatable bonds is 3. The summed E-state index contributed by atoms with van der Waals surface area (Å²) >= 11 is 0. The first-order valence-corrected chi connectivity index (χ1v) is 10.0. The van der Waals surface area contributed by atoms with Crippen LogP contribution in [0.4, 0.5) is 17.3 Å². The molecule has 29 heavy (non-hydrogen) atoms. The average molecular weight is 386 g/mol. The van der Waals surface area contributed by atoms with Gasteiger partial charge in [-0.15, -0.1) is 0 Å². The third kappa shape index (κ3) is 4.14. The van der Waals surface area contributed by atoms with Crippen LogP contribution in [-0.4, -0.2) is 22.4 Å². The van der Waals surface area contributed by atoms with E-state index in [1.54, 1.807) is 12.3 Å². The van der Waals surface area contributed by atoms with Gasteiger partial charge in [0.25, 0.3) is 5.91 Å². The van der Waals surface area contributed by atoms with Crippen molar-refractivity contribution in [1.29, 1.82) is 0 Å². The Balaban J connectivity index is 1.54. The lowest BCUT2D eigenvalue weighted by Crippen LogP contribution is -2.36. The summed E-state index contributed by atoms with van der Waals surface area (Å²) in [6, 6.07) is 18.0. The number of hydrogen-bond donors (Lipinski definition) is 1. The standard InChI is InChI=1S/C24H26N4O/c1-24(2,3)18-10-12-19(13-11-18)26-23-25-15-14-20(27-23)22(29)28-16-6-8-17-7-4-5-9-21(17)28/h4-5,7,9-15H,6,8,16H2,1-3H3,(H,25,26,27). The zero-order valence-corrected chi connectivity index (χ0v) is 17.1. The molecule has 1 aliphatic rings. The molecule has 0 unspecified atom stereocenters.